The maximum Gasteiger partial charge on any atom is 0.410 e. The molecule has 26 heavy (non-hydrogen) atoms. The van der Waals surface area contributed by atoms with Crippen LogP contribution in [0.2, 0.25) is 0 Å². The molecule has 1 aromatic carbocycles. The van der Waals surface area contributed by atoms with Gasteiger partial charge in [0.05, 0.1) is 4.90 Å². The maximum absolute atomic E-state index is 14.8. The molecule has 0 N–H and O–H groups in total. The highest BCUT2D eigenvalue weighted by Gasteiger charge is 2.48. The zero-order chi connectivity index (χ0) is 19.5. The van der Waals surface area contributed by atoms with E-state index in [1.165, 1.54) is 29.2 Å². The van der Waals surface area contributed by atoms with Gasteiger partial charge in [0.15, 0.2) is 6.29 Å². The second-order valence-electron chi connectivity index (χ2n) is 7.23. The van der Waals surface area contributed by atoms with Crippen LogP contribution >= 0.6 is 0 Å². The number of hydrogen-bond donors (Lipinski definition) is 0. The minimum atomic E-state index is -3.49. The molecule has 0 aliphatic carbocycles. The normalized spacial score (nSPS) is 17.7. The summed E-state index contributed by atoms with van der Waals surface area (Å²) in [6.45, 7) is 5.43. The van der Waals surface area contributed by atoms with Gasteiger partial charge in [-0.2, -0.15) is 8.78 Å². The minimum Gasteiger partial charge on any atom is -0.444 e. The Bertz CT molecular complexity index is 695. The number of ether oxygens (including phenoxy) is 1. The molecule has 144 valence electrons. The number of halogens is 2. The lowest BCUT2D eigenvalue weighted by Crippen LogP contribution is -2.46. The molecular weight excluding hydrogens is 364 g/mol. The van der Waals surface area contributed by atoms with Crippen LogP contribution in [0.3, 0.4) is 0 Å². The third kappa shape index (κ3) is 4.66. The zero-order valence-electron chi connectivity index (χ0n) is 15.0. The van der Waals surface area contributed by atoms with Crippen LogP contribution in [0.4, 0.5) is 13.6 Å². The van der Waals surface area contributed by atoms with Crippen LogP contribution in [0.5, 0.6) is 0 Å². The number of hydrogen-bond acceptors (Lipinski definition) is 4. The summed E-state index contributed by atoms with van der Waals surface area (Å²) >= 11 is 0. The van der Waals surface area contributed by atoms with Gasteiger partial charge in [-0.25, -0.2) is 9.00 Å². The smallest absolute Gasteiger partial charge is 0.410 e. The summed E-state index contributed by atoms with van der Waals surface area (Å²) in [4.78, 5) is 24.3. The standard InChI is InChI=1S/C18H23F2NO4S/c1-17(2,3)25-16(23)21-10-8-14(9-11-21)18(19,20)26(24)15-7-5-4-6-13(15)12-22/h4-7,12,14H,8-11H2,1-3H3. The fourth-order valence-corrected chi connectivity index (χ4v) is 4.13. The van der Waals surface area contributed by atoms with Crippen LogP contribution in [0, 0.1) is 5.92 Å². The highest BCUT2D eigenvalue weighted by Crippen LogP contribution is 2.39. The summed E-state index contributed by atoms with van der Waals surface area (Å²) in [5.41, 5.74) is -0.658. The molecule has 5 nitrogen and oxygen atoms in total. The largest absolute Gasteiger partial charge is 0.444 e. The van der Waals surface area contributed by atoms with Crippen molar-refractivity contribution in [2.24, 2.45) is 5.92 Å². The van der Waals surface area contributed by atoms with Gasteiger partial charge in [0, 0.05) is 24.6 Å². The number of aldehydes is 1. The molecule has 1 aliphatic rings. The van der Waals surface area contributed by atoms with Crippen molar-refractivity contribution in [2.45, 2.75) is 49.4 Å². The third-order valence-electron chi connectivity index (χ3n) is 4.11. The number of rotatable bonds is 4. The molecule has 1 amide bonds. The van der Waals surface area contributed by atoms with Crippen molar-refractivity contribution in [3.8, 4) is 0 Å². The first-order chi connectivity index (χ1) is 12.1. The van der Waals surface area contributed by atoms with Crippen LogP contribution in [-0.2, 0) is 15.5 Å². The number of piperidine rings is 1. The summed E-state index contributed by atoms with van der Waals surface area (Å²) in [5, 5.41) is -3.49. The fraction of sp³-hybridized carbons (Fsp3) is 0.556. The Balaban J connectivity index is 2.06. The Kier molecular flexibility index (Phi) is 6.16. The molecule has 0 radical (unpaired) electrons. The lowest BCUT2D eigenvalue weighted by atomic mass is 9.97. The highest BCUT2D eigenvalue weighted by molar-refractivity contribution is 7.86. The molecule has 1 heterocycles. The summed E-state index contributed by atoms with van der Waals surface area (Å²) in [5.74, 6) is -1.14. The van der Waals surface area contributed by atoms with Crippen molar-refractivity contribution < 1.29 is 27.3 Å². The van der Waals surface area contributed by atoms with Crippen LogP contribution in [0.25, 0.3) is 0 Å². The van der Waals surface area contributed by atoms with E-state index in [0.29, 0.717) is 6.29 Å². The molecule has 0 bridgehead atoms. The Morgan fingerprint density at radius 2 is 1.81 bits per heavy atom. The monoisotopic (exact) mass is 387 g/mol. The van der Waals surface area contributed by atoms with Crippen LogP contribution < -0.4 is 0 Å². The van der Waals surface area contributed by atoms with Crippen molar-refractivity contribution in [3.05, 3.63) is 29.8 Å². The molecule has 1 unspecified atom stereocenters. The number of likely N-dealkylation sites (tertiary alicyclic amines) is 1. The first-order valence-electron chi connectivity index (χ1n) is 8.38. The molecule has 1 aromatic rings. The van der Waals surface area contributed by atoms with Gasteiger partial charge < -0.3 is 9.64 Å². The summed E-state index contributed by atoms with van der Waals surface area (Å²) in [7, 11) is -2.64. The molecule has 0 saturated carbocycles. The van der Waals surface area contributed by atoms with Crippen LogP contribution in [-0.4, -0.2) is 45.4 Å². The van der Waals surface area contributed by atoms with Gasteiger partial charge >= 0.3 is 11.3 Å². The Morgan fingerprint density at radius 1 is 1.23 bits per heavy atom. The minimum absolute atomic E-state index is 0.00306. The van der Waals surface area contributed by atoms with E-state index in [1.54, 1.807) is 20.8 Å². The predicted octanol–water partition coefficient (Wildman–Crippen LogP) is 3.85. The predicted molar refractivity (Wildman–Crippen MR) is 93.7 cm³/mol. The molecule has 2 rings (SSSR count). The number of alkyl halides is 2. The van der Waals surface area contributed by atoms with Crippen molar-refractivity contribution >= 4 is 23.2 Å². The van der Waals surface area contributed by atoms with E-state index in [-0.39, 0.29) is 36.4 Å². The van der Waals surface area contributed by atoms with E-state index >= 15 is 0 Å². The number of amides is 1. The van der Waals surface area contributed by atoms with E-state index in [9.17, 15) is 22.6 Å². The molecule has 0 aromatic heterocycles. The summed E-state index contributed by atoms with van der Waals surface area (Å²) < 4.78 is 47.2. The van der Waals surface area contributed by atoms with Gasteiger partial charge in [0.25, 0.3) is 0 Å². The fourth-order valence-electron chi connectivity index (χ4n) is 2.77. The van der Waals surface area contributed by atoms with Gasteiger partial charge in [-0.15, -0.1) is 0 Å². The zero-order valence-corrected chi connectivity index (χ0v) is 15.9. The van der Waals surface area contributed by atoms with Gasteiger partial charge in [0.2, 0.25) is 0 Å². The van der Waals surface area contributed by atoms with E-state index in [4.69, 9.17) is 4.74 Å². The summed E-state index contributed by atoms with van der Waals surface area (Å²) in [6.07, 6.45) is -0.0802. The topological polar surface area (TPSA) is 63.7 Å². The van der Waals surface area contributed by atoms with Crippen LogP contribution in [0.1, 0.15) is 44.0 Å². The van der Waals surface area contributed by atoms with Gasteiger partial charge in [0.1, 0.15) is 16.4 Å². The molecule has 1 aliphatic heterocycles. The first kappa shape index (κ1) is 20.5. The maximum atomic E-state index is 14.8. The Hall–Kier alpha value is -1.83. The van der Waals surface area contributed by atoms with Gasteiger partial charge in [-0.1, -0.05) is 18.2 Å². The third-order valence-corrected chi connectivity index (χ3v) is 5.71. The van der Waals surface area contributed by atoms with E-state index in [1.807, 2.05) is 0 Å². The Labute approximate surface area is 154 Å². The highest BCUT2D eigenvalue weighted by atomic mass is 32.2. The van der Waals surface area contributed by atoms with Gasteiger partial charge in [-0.05, 0) is 39.7 Å². The second kappa shape index (κ2) is 7.82. The van der Waals surface area contributed by atoms with Crippen molar-refractivity contribution in [1.82, 2.24) is 4.90 Å². The first-order valence-corrected chi connectivity index (χ1v) is 9.53. The lowest BCUT2D eigenvalue weighted by molar-refractivity contribution is -0.0151. The van der Waals surface area contributed by atoms with Gasteiger partial charge in [-0.3, -0.25) is 4.79 Å². The van der Waals surface area contributed by atoms with Crippen molar-refractivity contribution in [2.75, 3.05) is 13.1 Å². The number of nitrogens with zero attached hydrogens (tertiary/aromatic N) is 1. The number of carbonyl (C=O) groups excluding carboxylic acids is 2. The van der Waals surface area contributed by atoms with E-state index < -0.39 is 33.7 Å². The molecule has 1 atom stereocenters. The number of benzene rings is 1. The lowest BCUT2D eigenvalue weighted by Gasteiger charge is -2.36. The molecule has 1 fully saturated rings. The molecule has 0 spiro atoms. The molecule has 1 saturated heterocycles. The van der Waals surface area contributed by atoms with Crippen molar-refractivity contribution in [1.29, 1.82) is 0 Å². The quantitative estimate of drug-likeness (QED) is 0.736. The van der Waals surface area contributed by atoms with Crippen molar-refractivity contribution in [3.63, 3.8) is 0 Å². The Morgan fingerprint density at radius 3 is 2.35 bits per heavy atom. The van der Waals surface area contributed by atoms with E-state index in [2.05, 4.69) is 0 Å². The SMILES string of the molecule is CC(C)(C)OC(=O)N1CCC(C(F)(F)S(=O)c2ccccc2C=O)CC1. The van der Waals surface area contributed by atoms with Crippen LogP contribution in [0.15, 0.2) is 29.2 Å². The summed E-state index contributed by atoms with van der Waals surface area (Å²) in [6, 6.07) is 5.65. The molecular formula is C18H23F2NO4S. The molecule has 8 heteroatoms. The van der Waals surface area contributed by atoms with E-state index in [0.717, 1.165) is 0 Å². The number of carbonyl (C=O) groups is 2. The average Bonchev–Trinajstić information content (AvgIpc) is 2.59. The second-order valence-corrected chi connectivity index (χ2v) is 8.75. The average molecular weight is 387 g/mol.